The molecule has 3 fully saturated rings. The van der Waals surface area contributed by atoms with Gasteiger partial charge in [-0.05, 0) is 51.4 Å². The van der Waals surface area contributed by atoms with Crippen LogP contribution in [0.15, 0.2) is 0 Å². The van der Waals surface area contributed by atoms with Crippen molar-refractivity contribution in [1.82, 2.24) is 5.32 Å². The molecule has 0 saturated heterocycles. The Morgan fingerprint density at radius 1 is 1.05 bits per heavy atom. The van der Waals surface area contributed by atoms with Gasteiger partial charge in [-0.15, -0.1) is 0 Å². The van der Waals surface area contributed by atoms with Crippen LogP contribution in [-0.4, -0.2) is 28.0 Å². The van der Waals surface area contributed by atoms with E-state index >= 15 is 0 Å². The van der Waals surface area contributed by atoms with Gasteiger partial charge >= 0.3 is 0 Å². The van der Waals surface area contributed by atoms with E-state index in [0.717, 1.165) is 24.5 Å². The van der Waals surface area contributed by atoms with Crippen molar-refractivity contribution in [3.63, 3.8) is 0 Å². The number of hydrogen-bond donors (Lipinski definition) is 2. The van der Waals surface area contributed by atoms with Gasteiger partial charge in [0, 0.05) is 16.5 Å². The normalized spacial score (nSPS) is 36.5. The van der Waals surface area contributed by atoms with E-state index in [4.69, 9.17) is 5.73 Å². The van der Waals surface area contributed by atoms with Gasteiger partial charge in [-0.1, -0.05) is 12.8 Å². The zero-order valence-corrected chi connectivity index (χ0v) is 12.5. The van der Waals surface area contributed by atoms with E-state index in [1.165, 1.54) is 44.9 Å². The molecule has 0 aromatic rings. The Balaban J connectivity index is 1.61. The lowest BCUT2D eigenvalue weighted by molar-refractivity contribution is -0.125. The molecule has 0 aromatic carbocycles. The molecule has 0 aromatic heterocycles. The van der Waals surface area contributed by atoms with Crippen LogP contribution in [0, 0.1) is 0 Å². The van der Waals surface area contributed by atoms with Gasteiger partial charge < -0.3 is 11.1 Å². The number of carbonyl (C=O) groups is 1. The molecule has 2 atom stereocenters. The molecule has 0 radical (unpaired) electrons. The van der Waals surface area contributed by atoms with Crippen molar-refractivity contribution in [2.75, 3.05) is 0 Å². The highest BCUT2D eigenvalue weighted by molar-refractivity contribution is 8.00. The first-order chi connectivity index (χ1) is 9.18. The first kappa shape index (κ1) is 13.7. The van der Waals surface area contributed by atoms with E-state index in [2.05, 4.69) is 17.1 Å². The van der Waals surface area contributed by atoms with Crippen molar-refractivity contribution in [3.05, 3.63) is 0 Å². The molecule has 2 unspecified atom stereocenters. The maximum atomic E-state index is 12.0. The average Bonchev–Trinajstić information content (AvgIpc) is 3.03. The molecule has 0 aliphatic heterocycles. The summed E-state index contributed by atoms with van der Waals surface area (Å²) in [5, 5.41) is 5.05. The van der Waals surface area contributed by atoms with Gasteiger partial charge in [0.25, 0.3) is 0 Å². The first-order valence-electron chi connectivity index (χ1n) is 7.91. The number of nitrogens with two attached hydrogens (primary N) is 1. The second-order valence-corrected chi connectivity index (χ2v) is 8.23. The molecular weight excluding hydrogens is 256 g/mol. The van der Waals surface area contributed by atoms with Crippen LogP contribution >= 0.6 is 11.8 Å². The zero-order chi connectivity index (χ0) is 13.3. The smallest absolute Gasteiger partial charge is 0.237 e. The van der Waals surface area contributed by atoms with E-state index in [-0.39, 0.29) is 5.91 Å². The third kappa shape index (κ3) is 3.27. The average molecular weight is 282 g/mol. The number of hydrogen-bond acceptors (Lipinski definition) is 3. The number of nitrogens with one attached hydrogen (secondary N) is 1. The number of amides is 1. The van der Waals surface area contributed by atoms with Gasteiger partial charge in [-0.25, -0.2) is 0 Å². The van der Waals surface area contributed by atoms with Crippen molar-refractivity contribution in [2.45, 2.75) is 86.3 Å². The summed E-state index contributed by atoms with van der Waals surface area (Å²) in [6.07, 6.45) is 12.3. The van der Waals surface area contributed by atoms with Crippen LogP contribution in [0.1, 0.15) is 64.2 Å². The summed E-state index contributed by atoms with van der Waals surface area (Å²) in [6.45, 7) is 0. The van der Waals surface area contributed by atoms with E-state index in [9.17, 15) is 4.79 Å². The summed E-state index contributed by atoms with van der Waals surface area (Å²) in [7, 11) is 0. The molecular formula is C15H26N2OS. The predicted molar refractivity (Wildman–Crippen MR) is 80.2 cm³/mol. The molecule has 3 nitrogen and oxygen atoms in total. The van der Waals surface area contributed by atoms with Crippen LogP contribution in [0.25, 0.3) is 0 Å². The molecule has 19 heavy (non-hydrogen) atoms. The Morgan fingerprint density at radius 3 is 2.37 bits per heavy atom. The Morgan fingerprint density at radius 2 is 1.74 bits per heavy atom. The lowest BCUT2D eigenvalue weighted by atomic mass is 9.80. The molecule has 0 spiro atoms. The molecule has 3 saturated carbocycles. The number of carbonyl (C=O) groups excluding carboxylic acids is 1. The monoisotopic (exact) mass is 282 g/mol. The highest BCUT2D eigenvalue weighted by Gasteiger charge is 2.45. The summed E-state index contributed by atoms with van der Waals surface area (Å²) in [5.74, 6) is -0.115. The van der Waals surface area contributed by atoms with Crippen molar-refractivity contribution in [2.24, 2.45) is 5.73 Å². The molecule has 108 valence electrons. The van der Waals surface area contributed by atoms with Crippen LogP contribution in [0.3, 0.4) is 0 Å². The van der Waals surface area contributed by atoms with Gasteiger partial charge in [0.1, 0.15) is 0 Å². The minimum absolute atomic E-state index is 0.115. The fourth-order valence-electron chi connectivity index (χ4n) is 3.68. The van der Waals surface area contributed by atoms with Gasteiger partial charge in [0.05, 0.1) is 5.54 Å². The third-order valence-corrected chi connectivity index (χ3v) is 6.57. The summed E-state index contributed by atoms with van der Waals surface area (Å²) >= 11 is 2.15. The molecule has 3 N–H and O–H groups in total. The lowest BCUT2D eigenvalue weighted by Crippen LogP contribution is -2.59. The molecule has 4 heteroatoms. The Labute approximate surface area is 120 Å². The maximum absolute atomic E-state index is 12.0. The predicted octanol–water partition coefficient (Wildman–Crippen LogP) is 2.58. The van der Waals surface area contributed by atoms with E-state index < -0.39 is 5.54 Å². The van der Waals surface area contributed by atoms with Crippen LogP contribution in [-0.2, 0) is 4.79 Å². The zero-order valence-electron chi connectivity index (χ0n) is 11.7. The van der Waals surface area contributed by atoms with Crippen molar-refractivity contribution < 1.29 is 4.79 Å². The topological polar surface area (TPSA) is 55.1 Å². The first-order valence-corrected chi connectivity index (χ1v) is 8.85. The third-order valence-electron chi connectivity index (χ3n) is 4.92. The second kappa shape index (κ2) is 5.65. The van der Waals surface area contributed by atoms with Crippen LogP contribution in [0.4, 0.5) is 0 Å². The summed E-state index contributed by atoms with van der Waals surface area (Å²) < 4.78 is 0. The molecule has 1 amide bonds. The standard InChI is InChI=1S/C15H26N2OS/c16-14(18)15(17-11-7-8-11)9-3-6-13(10-15)19-12-4-1-2-5-12/h11-13,17H,1-10H2,(H2,16,18). The van der Waals surface area contributed by atoms with Gasteiger partial charge in [0.2, 0.25) is 5.91 Å². The highest BCUT2D eigenvalue weighted by atomic mass is 32.2. The minimum atomic E-state index is -0.393. The largest absolute Gasteiger partial charge is 0.368 e. The van der Waals surface area contributed by atoms with Crippen LogP contribution in [0.2, 0.25) is 0 Å². The van der Waals surface area contributed by atoms with Gasteiger partial charge in [-0.3, -0.25) is 4.79 Å². The summed E-state index contributed by atoms with van der Waals surface area (Å²) in [4.78, 5) is 12.0. The molecule has 0 heterocycles. The Hall–Kier alpha value is -0.220. The summed E-state index contributed by atoms with van der Waals surface area (Å²) in [5.41, 5.74) is 5.34. The Kier molecular flexibility index (Phi) is 4.08. The van der Waals surface area contributed by atoms with E-state index in [0.29, 0.717) is 11.3 Å². The van der Waals surface area contributed by atoms with Gasteiger partial charge in [-0.2, -0.15) is 11.8 Å². The summed E-state index contributed by atoms with van der Waals surface area (Å²) in [6, 6.07) is 0.558. The molecule has 3 aliphatic rings. The van der Waals surface area contributed by atoms with Gasteiger partial charge in [0.15, 0.2) is 0 Å². The fraction of sp³-hybridized carbons (Fsp3) is 0.933. The quantitative estimate of drug-likeness (QED) is 0.815. The van der Waals surface area contributed by atoms with E-state index in [1.54, 1.807) is 0 Å². The number of rotatable bonds is 5. The van der Waals surface area contributed by atoms with E-state index in [1.807, 2.05) is 0 Å². The molecule has 0 bridgehead atoms. The van der Waals surface area contributed by atoms with Crippen molar-refractivity contribution >= 4 is 17.7 Å². The number of thioether (sulfide) groups is 1. The van der Waals surface area contributed by atoms with Crippen LogP contribution in [0.5, 0.6) is 0 Å². The lowest BCUT2D eigenvalue weighted by Gasteiger charge is -2.40. The van der Waals surface area contributed by atoms with Crippen molar-refractivity contribution in [1.29, 1.82) is 0 Å². The number of primary amides is 1. The fourth-order valence-corrected chi connectivity index (χ4v) is 5.51. The highest BCUT2D eigenvalue weighted by Crippen LogP contribution is 2.41. The maximum Gasteiger partial charge on any atom is 0.237 e. The molecule has 3 aliphatic carbocycles. The SMILES string of the molecule is NC(=O)C1(NC2CC2)CCCC(SC2CCCC2)C1. The van der Waals surface area contributed by atoms with Crippen molar-refractivity contribution in [3.8, 4) is 0 Å². The minimum Gasteiger partial charge on any atom is -0.368 e. The second-order valence-electron chi connectivity index (χ2n) is 6.63. The Bertz CT molecular complexity index is 339. The van der Waals surface area contributed by atoms with Crippen LogP contribution < -0.4 is 11.1 Å². The molecule has 3 rings (SSSR count).